The van der Waals surface area contributed by atoms with E-state index < -0.39 is 0 Å². The Kier molecular flexibility index (Phi) is 4.54. The number of amides is 1. The number of carbonyl (C=O) groups is 1. The van der Waals surface area contributed by atoms with Crippen molar-refractivity contribution in [1.29, 1.82) is 0 Å². The fourth-order valence-corrected chi connectivity index (χ4v) is 3.10. The summed E-state index contributed by atoms with van der Waals surface area (Å²) in [6, 6.07) is -0.0404. The average Bonchev–Trinajstić information content (AvgIpc) is 2.92. The summed E-state index contributed by atoms with van der Waals surface area (Å²) >= 11 is 1.66. The van der Waals surface area contributed by atoms with Gasteiger partial charge in [0.2, 0.25) is 5.91 Å². The minimum atomic E-state index is -0.0404. The third-order valence-corrected chi connectivity index (χ3v) is 4.03. The maximum absolute atomic E-state index is 12.0. The summed E-state index contributed by atoms with van der Waals surface area (Å²) in [6.07, 6.45) is 4.91. The molecule has 2 heterocycles. The zero-order chi connectivity index (χ0) is 14.7. The summed E-state index contributed by atoms with van der Waals surface area (Å²) in [7, 11) is 1.87. The summed E-state index contributed by atoms with van der Waals surface area (Å²) in [5.74, 6) is 0.0476. The van der Waals surface area contributed by atoms with Crippen LogP contribution in [0.15, 0.2) is 12.4 Å². The van der Waals surface area contributed by atoms with Gasteiger partial charge in [-0.05, 0) is 32.8 Å². The van der Waals surface area contributed by atoms with Crippen LogP contribution in [0.25, 0.3) is 0 Å². The predicted octanol–water partition coefficient (Wildman–Crippen LogP) is 2.30. The van der Waals surface area contributed by atoms with Gasteiger partial charge in [-0.1, -0.05) is 0 Å². The lowest BCUT2D eigenvalue weighted by atomic mass is 10.1. The van der Waals surface area contributed by atoms with Gasteiger partial charge < -0.3 is 5.32 Å². The zero-order valence-electron chi connectivity index (χ0n) is 12.3. The highest BCUT2D eigenvalue weighted by Gasteiger charge is 2.15. The van der Waals surface area contributed by atoms with Gasteiger partial charge in [0, 0.05) is 24.5 Å². The van der Waals surface area contributed by atoms with Crippen molar-refractivity contribution in [2.45, 2.75) is 39.7 Å². The maximum Gasteiger partial charge on any atom is 0.220 e. The highest BCUT2D eigenvalue weighted by molar-refractivity contribution is 7.11. The van der Waals surface area contributed by atoms with Crippen molar-refractivity contribution in [2.24, 2.45) is 7.05 Å². The second-order valence-electron chi connectivity index (χ2n) is 4.99. The van der Waals surface area contributed by atoms with Crippen LogP contribution in [0.4, 0.5) is 0 Å². The van der Waals surface area contributed by atoms with Gasteiger partial charge in [-0.3, -0.25) is 9.48 Å². The molecule has 0 spiro atoms. The minimum absolute atomic E-state index is 0.0404. The Morgan fingerprint density at radius 2 is 2.25 bits per heavy atom. The van der Waals surface area contributed by atoms with E-state index in [9.17, 15) is 4.79 Å². The van der Waals surface area contributed by atoms with Crippen LogP contribution in [-0.2, 0) is 18.3 Å². The van der Waals surface area contributed by atoms with E-state index in [-0.39, 0.29) is 11.9 Å². The molecule has 0 aliphatic carbocycles. The molecule has 0 aliphatic rings. The van der Waals surface area contributed by atoms with E-state index in [0.717, 1.165) is 16.3 Å². The van der Waals surface area contributed by atoms with Gasteiger partial charge in [-0.2, -0.15) is 5.10 Å². The molecule has 0 bridgehead atoms. The first kappa shape index (κ1) is 14.7. The maximum atomic E-state index is 12.0. The Balaban J connectivity index is 1.86. The molecule has 2 rings (SSSR count). The summed E-state index contributed by atoms with van der Waals surface area (Å²) in [5.41, 5.74) is 2.05. The first-order chi connectivity index (χ1) is 9.45. The van der Waals surface area contributed by atoms with E-state index in [0.29, 0.717) is 12.8 Å². The molecule has 20 heavy (non-hydrogen) atoms. The molecule has 2 aromatic heterocycles. The van der Waals surface area contributed by atoms with Gasteiger partial charge in [0.25, 0.3) is 0 Å². The van der Waals surface area contributed by atoms with Crippen molar-refractivity contribution in [3.8, 4) is 0 Å². The number of hydrogen-bond acceptors (Lipinski definition) is 4. The SMILES string of the molecule is Cc1nc([C@@H](C)NC(=O)CCc2cnn(C)c2)c(C)s1. The Morgan fingerprint density at radius 3 is 2.80 bits per heavy atom. The summed E-state index contributed by atoms with van der Waals surface area (Å²) < 4.78 is 1.75. The van der Waals surface area contributed by atoms with Crippen LogP contribution in [0.2, 0.25) is 0 Å². The normalized spacial score (nSPS) is 12.4. The number of thiazole rings is 1. The van der Waals surface area contributed by atoms with Crippen LogP contribution in [0.1, 0.15) is 40.5 Å². The summed E-state index contributed by atoms with van der Waals surface area (Å²) in [5, 5.41) is 8.14. The number of rotatable bonds is 5. The lowest BCUT2D eigenvalue weighted by molar-refractivity contribution is -0.121. The molecule has 1 amide bonds. The highest BCUT2D eigenvalue weighted by Crippen LogP contribution is 2.22. The van der Waals surface area contributed by atoms with Crippen LogP contribution in [0.5, 0.6) is 0 Å². The molecule has 0 unspecified atom stereocenters. The van der Waals surface area contributed by atoms with Gasteiger partial charge in [-0.25, -0.2) is 4.98 Å². The Labute approximate surface area is 123 Å². The van der Waals surface area contributed by atoms with Gasteiger partial charge in [-0.15, -0.1) is 11.3 Å². The number of nitrogens with one attached hydrogen (secondary N) is 1. The van der Waals surface area contributed by atoms with Crippen molar-refractivity contribution in [1.82, 2.24) is 20.1 Å². The second-order valence-corrected chi connectivity index (χ2v) is 6.39. The predicted molar refractivity (Wildman–Crippen MR) is 79.7 cm³/mol. The van der Waals surface area contributed by atoms with Crippen molar-refractivity contribution in [3.05, 3.63) is 33.5 Å². The van der Waals surface area contributed by atoms with E-state index in [2.05, 4.69) is 15.4 Å². The zero-order valence-corrected chi connectivity index (χ0v) is 13.1. The van der Waals surface area contributed by atoms with Crippen LogP contribution in [0, 0.1) is 13.8 Å². The number of hydrogen-bond donors (Lipinski definition) is 1. The van der Waals surface area contributed by atoms with Crippen molar-refractivity contribution in [2.75, 3.05) is 0 Å². The van der Waals surface area contributed by atoms with Crippen LogP contribution in [-0.4, -0.2) is 20.7 Å². The molecule has 0 saturated heterocycles. The Hall–Kier alpha value is -1.69. The third-order valence-electron chi connectivity index (χ3n) is 3.13. The van der Waals surface area contributed by atoms with Crippen molar-refractivity contribution in [3.63, 3.8) is 0 Å². The lowest BCUT2D eigenvalue weighted by Crippen LogP contribution is -2.27. The lowest BCUT2D eigenvalue weighted by Gasteiger charge is -2.12. The molecule has 5 nitrogen and oxygen atoms in total. The first-order valence-corrected chi connectivity index (χ1v) is 7.48. The van der Waals surface area contributed by atoms with E-state index in [1.54, 1.807) is 22.2 Å². The van der Waals surface area contributed by atoms with Crippen molar-refractivity contribution >= 4 is 17.2 Å². The molecule has 6 heteroatoms. The number of aromatic nitrogens is 3. The summed E-state index contributed by atoms with van der Waals surface area (Å²) in [6.45, 7) is 6.00. The fourth-order valence-electron chi connectivity index (χ4n) is 2.19. The average molecular weight is 292 g/mol. The number of nitrogens with zero attached hydrogens (tertiary/aromatic N) is 3. The van der Waals surface area contributed by atoms with Gasteiger partial charge in [0.1, 0.15) is 0 Å². The molecule has 108 valence electrons. The smallest absolute Gasteiger partial charge is 0.220 e. The molecular weight excluding hydrogens is 272 g/mol. The molecular formula is C14H20N4OS. The summed E-state index contributed by atoms with van der Waals surface area (Å²) in [4.78, 5) is 17.6. The fraction of sp³-hybridized carbons (Fsp3) is 0.500. The van der Waals surface area contributed by atoms with Crippen LogP contribution in [0.3, 0.4) is 0 Å². The highest BCUT2D eigenvalue weighted by atomic mass is 32.1. The van der Waals surface area contributed by atoms with E-state index in [1.165, 1.54) is 4.88 Å². The number of carbonyl (C=O) groups excluding carboxylic acids is 1. The topological polar surface area (TPSA) is 59.8 Å². The van der Waals surface area contributed by atoms with Crippen LogP contribution < -0.4 is 5.32 Å². The molecule has 0 saturated carbocycles. The van der Waals surface area contributed by atoms with Gasteiger partial charge in [0.05, 0.1) is 22.9 Å². The quantitative estimate of drug-likeness (QED) is 0.920. The molecule has 2 aromatic rings. The molecule has 1 N–H and O–H groups in total. The van der Waals surface area contributed by atoms with E-state index >= 15 is 0 Å². The minimum Gasteiger partial charge on any atom is -0.348 e. The molecule has 0 fully saturated rings. The monoisotopic (exact) mass is 292 g/mol. The van der Waals surface area contributed by atoms with Gasteiger partial charge in [0.15, 0.2) is 0 Å². The van der Waals surface area contributed by atoms with Crippen LogP contribution >= 0.6 is 11.3 Å². The van der Waals surface area contributed by atoms with E-state index in [4.69, 9.17) is 0 Å². The molecule has 0 aliphatic heterocycles. The Morgan fingerprint density at radius 1 is 1.50 bits per heavy atom. The standard InChI is InChI=1S/C14H20N4OS/c1-9(14-10(2)20-11(3)17-14)16-13(19)6-5-12-7-15-18(4)8-12/h7-9H,5-6H2,1-4H3,(H,16,19)/t9-/m1/s1. The Bertz CT molecular complexity index is 602. The molecule has 1 atom stereocenters. The first-order valence-electron chi connectivity index (χ1n) is 6.66. The second kappa shape index (κ2) is 6.17. The third kappa shape index (κ3) is 3.66. The molecule has 0 radical (unpaired) electrons. The largest absolute Gasteiger partial charge is 0.348 e. The number of aryl methyl sites for hydroxylation is 4. The van der Waals surface area contributed by atoms with Crippen molar-refractivity contribution < 1.29 is 4.79 Å². The van der Waals surface area contributed by atoms with Gasteiger partial charge >= 0.3 is 0 Å². The molecule has 0 aromatic carbocycles. The van der Waals surface area contributed by atoms with E-state index in [1.807, 2.05) is 34.0 Å².